The lowest BCUT2D eigenvalue weighted by Crippen LogP contribution is -2.54. The summed E-state index contributed by atoms with van der Waals surface area (Å²) in [5, 5.41) is 15.2. The Morgan fingerprint density at radius 1 is 1.57 bits per heavy atom. The third kappa shape index (κ3) is 4.69. The summed E-state index contributed by atoms with van der Waals surface area (Å²) in [6.45, 7) is 2.21. The van der Waals surface area contributed by atoms with E-state index in [-0.39, 0.29) is 5.91 Å². The van der Waals surface area contributed by atoms with Crippen molar-refractivity contribution in [1.29, 1.82) is 0 Å². The predicted octanol–water partition coefficient (Wildman–Crippen LogP) is 0.842. The molecule has 0 aromatic carbocycles. The van der Waals surface area contributed by atoms with Crippen LogP contribution in [0.5, 0.6) is 0 Å². The van der Waals surface area contributed by atoms with Crippen LogP contribution < -0.4 is 0 Å². The maximum absolute atomic E-state index is 12.3. The van der Waals surface area contributed by atoms with Gasteiger partial charge in [-0.25, -0.2) is 0 Å². The van der Waals surface area contributed by atoms with E-state index in [4.69, 9.17) is 11.6 Å². The number of carbonyl (C=O) groups is 1. The van der Waals surface area contributed by atoms with Crippen LogP contribution in [0, 0.1) is 0 Å². The van der Waals surface area contributed by atoms with E-state index < -0.39 is 5.60 Å². The average Bonchev–Trinajstić information content (AvgIpc) is 2.80. The van der Waals surface area contributed by atoms with Crippen LogP contribution >= 0.6 is 11.6 Å². The van der Waals surface area contributed by atoms with E-state index in [9.17, 15) is 9.90 Å². The van der Waals surface area contributed by atoms with Crippen molar-refractivity contribution < 1.29 is 9.90 Å². The van der Waals surface area contributed by atoms with Gasteiger partial charge in [0.05, 0.1) is 23.4 Å². The van der Waals surface area contributed by atoms with Gasteiger partial charge in [0.15, 0.2) is 0 Å². The maximum Gasteiger partial charge on any atom is 0.224 e. The Hall–Kier alpha value is -1.11. The molecule has 2 heterocycles. The van der Waals surface area contributed by atoms with Crippen LogP contribution in [-0.2, 0) is 11.3 Å². The standard InChI is InChI=1S/C14H23ClN4O2/c1-17(2)10-14(21)5-3-6-18(11-14)13(20)4-7-19-9-12(15)8-16-19/h8-9,21H,3-7,10-11H2,1-2H3/t14-/m0/s1. The summed E-state index contributed by atoms with van der Waals surface area (Å²) in [5.74, 6) is 0.0542. The zero-order valence-electron chi connectivity index (χ0n) is 12.6. The van der Waals surface area contributed by atoms with Crippen molar-refractivity contribution in [2.45, 2.75) is 31.4 Å². The molecule has 7 heteroatoms. The molecule has 2 rings (SSSR count). The molecule has 1 N–H and O–H groups in total. The topological polar surface area (TPSA) is 61.6 Å². The van der Waals surface area contributed by atoms with Crippen LogP contribution in [0.25, 0.3) is 0 Å². The zero-order chi connectivity index (χ0) is 15.5. The largest absolute Gasteiger partial charge is 0.387 e. The number of aliphatic hydroxyl groups is 1. The minimum Gasteiger partial charge on any atom is -0.387 e. The van der Waals surface area contributed by atoms with Crippen molar-refractivity contribution in [2.75, 3.05) is 33.7 Å². The first kappa shape index (κ1) is 16.3. The van der Waals surface area contributed by atoms with Crippen molar-refractivity contribution in [3.63, 3.8) is 0 Å². The second-order valence-corrected chi connectivity index (χ2v) is 6.49. The number of amides is 1. The van der Waals surface area contributed by atoms with Crippen molar-refractivity contribution in [3.8, 4) is 0 Å². The second-order valence-electron chi connectivity index (χ2n) is 6.05. The number of likely N-dealkylation sites (N-methyl/N-ethyl adjacent to an activating group) is 1. The van der Waals surface area contributed by atoms with Gasteiger partial charge in [0.25, 0.3) is 0 Å². The Labute approximate surface area is 130 Å². The Morgan fingerprint density at radius 3 is 2.95 bits per heavy atom. The van der Waals surface area contributed by atoms with Crippen molar-refractivity contribution in [3.05, 3.63) is 17.4 Å². The van der Waals surface area contributed by atoms with Crippen molar-refractivity contribution >= 4 is 17.5 Å². The third-order valence-electron chi connectivity index (χ3n) is 3.68. The van der Waals surface area contributed by atoms with Crippen LogP contribution in [0.2, 0.25) is 5.02 Å². The van der Waals surface area contributed by atoms with E-state index in [2.05, 4.69) is 5.10 Å². The zero-order valence-corrected chi connectivity index (χ0v) is 13.4. The highest BCUT2D eigenvalue weighted by atomic mass is 35.5. The average molecular weight is 315 g/mol. The van der Waals surface area contributed by atoms with Gasteiger partial charge in [-0.3, -0.25) is 9.48 Å². The maximum atomic E-state index is 12.3. The molecule has 1 amide bonds. The molecular formula is C14H23ClN4O2. The second kappa shape index (κ2) is 6.77. The van der Waals surface area contributed by atoms with Crippen LogP contribution in [0.3, 0.4) is 0 Å². The van der Waals surface area contributed by atoms with Crippen molar-refractivity contribution in [2.24, 2.45) is 0 Å². The highest BCUT2D eigenvalue weighted by molar-refractivity contribution is 6.30. The van der Waals surface area contributed by atoms with Gasteiger partial charge < -0.3 is 14.9 Å². The Bertz CT molecular complexity index is 491. The highest BCUT2D eigenvalue weighted by Gasteiger charge is 2.35. The normalized spacial score (nSPS) is 22.8. The van der Waals surface area contributed by atoms with E-state index in [1.54, 1.807) is 22.0 Å². The van der Waals surface area contributed by atoms with E-state index in [0.717, 1.165) is 12.8 Å². The lowest BCUT2D eigenvalue weighted by molar-refractivity contribution is -0.139. The van der Waals surface area contributed by atoms with Gasteiger partial charge in [-0.1, -0.05) is 11.6 Å². The van der Waals surface area contributed by atoms with Crippen LogP contribution in [0.1, 0.15) is 19.3 Å². The number of rotatable bonds is 5. The number of hydrogen-bond acceptors (Lipinski definition) is 4. The number of hydrogen-bond donors (Lipinski definition) is 1. The quantitative estimate of drug-likeness (QED) is 0.875. The van der Waals surface area contributed by atoms with Gasteiger partial charge in [-0.15, -0.1) is 0 Å². The molecule has 1 aliphatic heterocycles. The molecule has 1 aliphatic rings. The number of β-amino-alcohol motifs (C(OH)–C–C–N with tert-alkyl or cyclic N) is 1. The minimum atomic E-state index is -0.799. The number of halogens is 1. The lowest BCUT2D eigenvalue weighted by Gasteiger charge is -2.40. The number of aryl methyl sites for hydroxylation is 1. The molecule has 1 fully saturated rings. The number of aromatic nitrogens is 2. The van der Waals surface area contributed by atoms with Gasteiger partial charge in [-0.05, 0) is 26.9 Å². The summed E-state index contributed by atoms with van der Waals surface area (Å²) < 4.78 is 1.66. The molecule has 1 atom stereocenters. The smallest absolute Gasteiger partial charge is 0.224 e. The molecule has 0 saturated carbocycles. The number of likely N-dealkylation sites (tertiary alicyclic amines) is 1. The first-order chi connectivity index (χ1) is 9.88. The van der Waals surface area contributed by atoms with Crippen LogP contribution in [0.4, 0.5) is 0 Å². The van der Waals surface area contributed by atoms with E-state index >= 15 is 0 Å². The molecule has 1 aromatic heterocycles. The first-order valence-corrected chi connectivity index (χ1v) is 7.59. The molecule has 0 spiro atoms. The van der Waals surface area contributed by atoms with Crippen LogP contribution in [0.15, 0.2) is 12.4 Å². The Morgan fingerprint density at radius 2 is 2.33 bits per heavy atom. The first-order valence-electron chi connectivity index (χ1n) is 7.21. The molecule has 0 aliphatic carbocycles. The fourth-order valence-corrected chi connectivity index (χ4v) is 3.03. The summed E-state index contributed by atoms with van der Waals surface area (Å²) in [5.41, 5.74) is -0.799. The van der Waals surface area contributed by atoms with Crippen LogP contribution in [-0.4, -0.2) is 69.9 Å². The van der Waals surface area contributed by atoms with Crippen molar-refractivity contribution in [1.82, 2.24) is 19.6 Å². The Balaban J connectivity index is 1.87. The predicted molar refractivity (Wildman–Crippen MR) is 81.2 cm³/mol. The molecule has 0 unspecified atom stereocenters. The number of piperidine rings is 1. The molecule has 0 bridgehead atoms. The lowest BCUT2D eigenvalue weighted by atomic mass is 9.92. The van der Waals surface area contributed by atoms with Gasteiger partial charge in [0.1, 0.15) is 0 Å². The Kier molecular flexibility index (Phi) is 5.24. The van der Waals surface area contributed by atoms with Gasteiger partial charge in [0.2, 0.25) is 5.91 Å². The molecule has 21 heavy (non-hydrogen) atoms. The molecule has 1 saturated heterocycles. The van der Waals surface area contributed by atoms with E-state index in [0.29, 0.717) is 37.6 Å². The summed E-state index contributed by atoms with van der Waals surface area (Å²) in [4.78, 5) is 16.0. The summed E-state index contributed by atoms with van der Waals surface area (Å²) in [7, 11) is 3.86. The number of nitrogens with zero attached hydrogens (tertiary/aromatic N) is 4. The minimum absolute atomic E-state index is 0.0542. The molecule has 0 radical (unpaired) electrons. The number of carbonyl (C=O) groups excluding carboxylic acids is 1. The van der Waals surface area contributed by atoms with Gasteiger partial charge in [-0.2, -0.15) is 5.10 Å². The molecule has 1 aromatic rings. The monoisotopic (exact) mass is 314 g/mol. The fraction of sp³-hybridized carbons (Fsp3) is 0.714. The van der Waals surface area contributed by atoms with Gasteiger partial charge >= 0.3 is 0 Å². The summed E-state index contributed by atoms with van der Waals surface area (Å²) in [6, 6.07) is 0. The van der Waals surface area contributed by atoms with Gasteiger partial charge in [0, 0.05) is 32.3 Å². The molecule has 118 valence electrons. The SMILES string of the molecule is CN(C)C[C@@]1(O)CCCN(C(=O)CCn2cc(Cl)cn2)C1. The van der Waals surface area contributed by atoms with E-state index in [1.165, 1.54) is 0 Å². The summed E-state index contributed by atoms with van der Waals surface area (Å²) in [6.07, 6.45) is 5.21. The third-order valence-corrected chi connectivity index (χ3v) is 3.87. The van der Waals surface area contributed by atoms with E-state index in [1.807, 2.05) is 19.0 Å². The summed E-state index contributed by atoms with van der Waals surface area (Å²) >= 11 is 5.79. The molecular weight excluding hydrogens is 292 g/mol. The molecule has 6 nitrogen and oxygen atoms in total. The fourth-order valence-electron chi connectivity index (χ4n) is 2.87. The highest BCUT2D eigenvalue weighted by Crippen LogP contribution is 2.22.